The minimum absolute atomic E-state index is 0.0902. The van der Waals surface area contributed by atoms with Crippen molar-refractivity contribution in [1.29, 1.82) is 0 Å². The van der Waals surface area contributed by atoms with Gasteiger partial charge in [-0.3, -0.25) is 9.59 Å². The third-order valence-corrected chi connectivity index (χ3v) is 4.11. The second-order valence-electron chi connectivity index (χ2n) is 5.51. The molecule has 1 heterocycles. The maximum Gasteiger partial charge on any atom is 0.177 e. The number of nitrogens with one attached hydrogen (secondary N) is 1. The van der Waals surface area contributed by atoms with Crippen molar-refractivity contribution >= 4 is 17.3 Å². The molecule has 1 aliphatic heterocycles. The van der Waals surface area contributed by atoms with Crippen molar-refractivity contribution in [1.82, 2.24) is 0 Å². The van der Waals surface area contributed by atoms with E-state index in [0.717, 1.165) is 16.8 Å². The summed E-state index contributed by atoms with van der Waals surface area (Å²) < 4.78 is 0. The van der Waals surface area contributed by atoms with Crippen molar-refractivity contribution in [2.45, 2.75) is 13.8 Å². The number of benzene rings is 2. The van der Waals surface area contributed by atoms with E-state index in [4.69, 9.17) is 0 Å². The van der Waals surface area contributed by atoms with Crippen molar-refractivity contribution < 1.29 is 9.59 Å². The van der Waals surface area contributed by atoms with E-state index in [1.165, 1.54) is 0 Å². The summed E-state index contributed by atoms with van der Waals surface area (Å²) in [6.07, 6.45) is 0. The van der Waals surface area contributed by atoms with Crippen LogP contribution in [-0.2, 0) is 0 Å². The zero-order valence-corrected chi connectivity index (χ0v) is 12.1. The van der Waals surface area contributed by atoms with Gasteiger partial charge in [0.25, 0.3) is 0 Å². The highest BCUT2D eigenvalue weighted by atomic mass is 16.2. The second-order valence-corrected chi connectivity index (χ2v) is 5.51. The van der Waals surface area contributed by atoms with E-state index in [1.807, 2.05) is 44.2 Å². The number of rotatable bonds is 2. The van der Waals surface area contributed by atoms with Crippen LogP contribution >= 0.6 is 0 Å². The van der Waals surface area contributed by atoms with Gasteiger partial charge in [0.2, 0.25) is 0 Å². The molecule has 0 saturated heterocycles. The molecule has 3 heteroatoms. The van der Waals surface area contributed by atoms with E-state index in [1.54, 1.807) is 12.1 Å². The average molecular weight is 279 g/mol. The van der Waals surface area contributed by atoms with Gasteiger partial charge in [0.1, 0.15) is 5.92 Å². The quantitative estimate of drug-likeness (QED) is 0.677. The number of carbonyl (C=O) groups excluding carboxylic acids is 2. The highest BCUT2D eigenvalue weighted by Crippen LogP contribution is 2.26. The minimum Gasteiger partial charge on any atom is -0.383 e. The van der Waals surface area contributed by atoms with Gasteiger partial charge in [-0.15, -0.1) is 0 Å². The molecule has 3 nitrogen and oxygen atoms in total. The fourth-order valence-corrected chi connectivity index (χ4v) is 2.65. The molecule has 0 aromatic heterocycles. The molecule has 1 N–H and O–H groups in total. The number of ketones is 2. The number of Topliss-reactive ketones (excluding diaryl/α,β-unsaturated/α-hetero) is 2. The lowest BCUT2D eigenvalue weighted by Gasteiger charge is -2.24. The van der Waals surface area contributed by atoms with Crippen LogP contribution in [0.2, 0.25) is 0 Å². The zero-order valence-electron chi connectivity index (χ0n) is 12.1. The van der Waals surface area contributed by atoms with Crippen LogP contribution in [-0.4, -0.2) is 18.1 Å². The Bertz CT molecular complexity index is 734. The lowest BCUT2D eigenvalue weighted by molar-refractivity contribution is 0.0812. The predicted molar refractivity (Wildman–Crippen MR) is 83.0 cm³/mol. The number of carbonyl (C=O) groups is 2. The molecular weight excluding hydrogens is 262 g/mol. The molecule has 2 aromatic rings. The van der Waals surface area contributed by atoms with Crippen LogP contribution in [0.3, 0.4) is 0 Å². The van der Waals surface area contributed by atoms with Crippen molar-refractivity contribution in [2.24, 2.45) is 5.92 Å². The van der Waals surface area contributed by atoms with Gasteiger partial charge < -0.3 is 5.32 Å². The topological polar surface area (TPSA) is 46.2 Å². The molecule has 106 valence electrons. The molecule has 0 bridgehead atoms. The highest BCUT2D eigenvalue weighted by molar-refractivity contribution is 6.19. The van der Waals surface area contributed by atoms with E-state index in [0.29, 0.717) is 17.7 Å². The molecule has 0 saturated carbocycles. The third kappa shape index (κ3) is 2.35. The summed E-state index contributed by atoms with van der Waals surface area (Å²) in [5.74, 6) is -0.834. The van der Waals surface area contributed by atoms with Crippen LogP contribution in [0.1, 0.15) is 31.8 Å². The molecule has 0 unspecified atom stereocenters. The summed E-state index contributed by atoms with van der Waals surface area (Å²) in [5, 5.41) is 3.18. The fourth-order valence-electron chi connectivity index (χ4n) is 2.65. The summed E-state index contributed by atoms with van der Waals surface area (Å²) in [7, 11) is 0. The van der Waals surface area contributed by atoms with Crippen LogP contribution in [0.4, 0.5) is 5.69 Å². The van der Waals surface area contributed by atoms with E-state index in [9.17, 15) is 9.59 Å². The number of aryl methyl sites for hydroxylation is 2. The van der Waals surface area contributed by atoms with Crippen LogP contribution in [0, 0.1) is 19.8 Å². The van der Waals surface area contributed by atoms with E-state index in [-0.39, 0.29) is 11.6 Å². The fraction of sp³-hybridized carbons (Fsp3) is 0.222. The van der Waals surface area contributed by atoms with Crippen molar-refractivity contribution in [2.75, 3.05) is 11.9 Å². The molecule has 1 atom stereocenters. The lowest BCUT2D eigenvalue weighted by atomic mass is 9.86. The first-order valence-electron chi connectivity index (χ1n) is 7.06. The molecule has 0 fully saturated rings. The second kappa shape index (κ2) is 5.17. The van der Waals surface area contributed by atoms with Crippen molar-refractivity contribution in [3.8, 4) is 0 Å². The Morgan fingerprint density at radius 1 is 1.10 bits per heavy atom. The molecule has 0 spiro atoms. The third-order valence-electron chi connectivity index (χ3n) is 4.11. The van der Waals surface area contributed by atoms with Crippen LogP contribution in [0.15, 0.2) is 42.5 Å². The predicted octanol–water partition coefficient (Wildman–Crippen LogP) is 3.41. The number of anilines is 1. The Morgan fingerprint density at radius 3 is 2.62 bits per heavy atom. The largest absolute Gasteiger partial charge is 0.383 e. The molecular formula is C18H17NO2. The SMILES string of the molecule is Cc1ccc(C(=O)[C@H]2CNc3ccccc3C2=O)cc1C. The number of fused-ring (bicyclic) bond motifs is 1. The molecule has 0 radical (unpaired) electrons. The summed E-state index contributed by atoms with van der Waals surface area (Å²) in [6.45, 7) is 4.34. The Kier molecular flexibility index (Phi) is 3.34. The first-order chi connectivity index (χ1) is 10.1. The smallest absolute Gasteiger partial charge is 0.177 e. The van der Waals surface area contributed by atoms with E-state index in [2.05, 4.69) is 5.32 Å². The Morgan fingerprint density at radius 2 is 1.86 bits per heavy atom. The Hall–Kier alpha value is -2.42. The van der Waals surface area contributed by atoms with Crippen LogP contribution < -0.4 is 5.32 Å². The Balaban J connectivity index is 1.93. The highest BCUT2D eigenvalue weighted by Gasteiger charge is 2.33. The maximum absolute atomic E-state index is 12.6. The number of hydrogen-bond donors (Lipinski definition) is 1. The normalized spacial score (nSPS) is 17.0. The van der Waals surface area contributed by atoms with Gasteiger partial charge in [-0.2, -0.15) is 0 Å². The van der Waals surface area contributed by atoms with Gasteiger partial charge in [0, 0.05) is 23.4 Å². The first-order valence-corrected chi connectivity index (χ1v) is 7.06. The van der Waals surface area contributed by atoms with Crippen molar-refractivity contribution in [3.05, 3.63) is 64.7 Å². The molecule has 0 amide bonds. The summed E-state index contributed by atoms with van der Waals surface area (Å²) in [4.78, 5) is 25.1. The summed E-state index contributed by atoms with van der Waals surface area (Å²) in [5.41, 5.74) is 4.23. The number of hydrogen-bond acceptors (Lipinski definition) is 3. The van der Waals surface area contributed by atoms with Crippen LogP contribution in [0.5, 0.6) is 0 Å². The average Bonchev–Trinajstić information content (AvgIpc) is 2.50. The van der Waals surface area contributed by atoms with Gasteiger partial charge in [-0.05, 0) is 43.2 Å². The minimum atomic E-state index is -0.637. The van der Waals surface area contributed by atoms with Gasteiger partial charge in [-0.25, -0.2) is 0 Å². The molecule has 2 aromatic carbocycles. The van der Waals surface area contributed by atoms with Crippen molar-refractivity contribution in [3.63, 3.8) is 0 Å². The Labute approximate surface area is 124 Å². The molecule has 3 rings (SSSR count). The van der Waals surface area contributed by atoms with E-state index < -0.39 is 5.92 Å². The lowest BCUT2D eigenvalue weighted by Crippen LogP contribution is -2.35. The maximum atomic E-state index is 12.6. The number of para-hydroxylation sites is 1. The zero-order chi connectivity index (χ0) is 15.0. The molecule has 0 aliphatic carbocycles. The molecule has 1 aliphatic rings. The van der Waals surface area contributed by atoms with Gasteiger partial charge in [0.15, 0.2) is 11.6 Å². The first kappa shape index (κ1) is 13.6. The van der Waals surface area contributed by atoms with Gasteiger partial charge >= 0.3 is 0 Å². The summed E-state index contributed by atoms with van der Waals surface area (Å²) in [6, 6.07) is 12.9. The van der Waals surface area contributed by atoms with Gasteiger partial charge in [-0.1, -0.05) is 24.3 Å². The van der Waals surface area contributed by atoms with E-state index >= 15 is 0 Å². The monoisotopic (exact) mass is 279 g/mol. The summed E-state index contributed by atoms with van der Waals surface area (Å²) >= 11 is 0. The van der Waals surface area contributed by atoms with Gasteiger partial charge in [0.05, 0.1) is 0 Å². The standard InChI is InChI=1S/C18H17NO2/c1-11-7-8-13(9-12(11)2)17(20)15-10-19-16-6-4-3-5-14(16)18(15)21/h3-9,15,19H,10H2,1-2H3/t15-/m1/s1. The van der Waals surface area contributed by atoms with Crippen LogP contribution in [0.25, 0.3) is 0 Å². The molecule has 21 heavy (non-hydrogen) atoms.